The molecule has 0 unspecified atom stereocenters. The largest absolute Gasteiger partial charge is 0.381 e. The molecule has 0 bridgehead atoms. The summed E-state index contributed by atoms with van der Waals surface area (Å²) in [6, 6.07) is 10.9. The van der Waals surface area contributed by atoms with E-state index >= 15 is 0 Å². The minimum absolute atomic E-state index is 0. The van der Waals surface area contributed by atoms with Crippen molar-refractivity contribution in [2.75, 3.05) is 26.3 Å². The fraction of sp³-hybridized carbons (Fsp3) is 0.611. The Bertz CT molecular complexity index is 410. The smallest absolute Gasteiger partial charge is 0.191 e. The van der Waals surface area contributed by atoms with E-state index in [1.165, 1.54) is 5.56 Å². The van der Waals surface area contributed by atoms with Crippen LogP contribution in [0.5, 0.6) is 0 Å². The lowest BCUT2D eigenvalue weighted by Gasteiger charge is -2.13. The summed E-state index contributed by atoms with van der Waals surface area (Å²) in [6.07, 6.45) is 3.10. The number of aliphatic imine (C=N–C) groups is 1. The lowest BCUT2D eigenvalue weighted by atomic mass is 10.2. The summed E-state index contributed by atoms with van der Waals surface area (Å²) in [5.41, 5.74) is 1.34. The molecule has 0 radical (unpaired) electrons. The Morgan fingerprint density at radius 3 is 2.52 bits per heavy atom. The van der Waals surface area contributed by atoms with Gasteiger partial charge in [0.25, 0.3) is 0 Å². The number of hydrogen-bond donors (Lipinski definition) is 2. The maximum absolute atomic E-state index is 5.68. The molecular weight excluding hydrogens is 401 g/mol. The Balaban J connectivity index is 0.00000484. The van der Waals surface area contributed by atoms with Gasteiger partial charge in [-0.05, 0) is 45.6 Å². The van der Waals surface area contributed by atoms with Gasteiger partial charge >= 0.3 is 0 Å². The first-order valence-electron chi connectivity index (χ1n) is 8.39. The van der Waals surface area contributed by atoms with Crippen LogP contribution in [0, 0.1) is 0 Å². The molecule has 0 aliphatic rings. The molecule has 1 aromatic carbocycles. The fourth-order valence-electron chi connectivity index (χ4n) is 2.04. The number of halogens is 1. The molecule has 0 saturated carbocycles. The molecule has 1 aromatic rings. The van der Waals surface area contributed by atoms with Crippen LogP contribution in [-0.2, 0) is 11.2 Å². The molecule has 132 valence electrons. The quantitative estimate of drug-likeness (QED) is 0.257. The average Bonchev–Trinajstić information content (AvgIpc) is 2.50. The van der Waals surface area contributed by atoms with Crippen LogP contribution in [0.2, 0.25) is 0 Å². The number of unbranched alkanes of at least 4 members (excludes halogenated alkanes) is 1. The van der Waals surface area contributed by atoms with E-state index < -0.39 is 0 Å². The average molecular weight is 433 g/mol. The molecule has 0 aliphatic heterocycles. The van der Waals surface area contributed by atoms with Crippen molar-refractivity contribution in [1.82, 2.24) is 10.6 Å². The summed E-state index contributed by atoms with van der Waals surface area (Å²) in [5.74, 6) is 0.905. The maximum atomic E-state index is 5.68. The van der Waals surface area contributed by atoms with Crippen LogP contribution in [0.4, 0.5) is 0 Å². The Kier molecular flexibility index (Phi) is 14.2. The predicted molar refractivity (Wildman–Crippen MR) is 110 cm³/mol. The number of ether oxygens (including phenoxy) is 1. The molecular formula is C18H32IN3O. The van der Waals surface area contributed by atoms with Crippen molar-refractivity contribution in [2.45, 2.75) is 46.1 Å². The van der Waals surface area contributed by atoms with Crippen LogP contribution in [0.25, 0.3) is 0 Å². The number of hydrogen-bond acceptors (Lipinski definition) is 2. The minimum Gasteiger partial charge on any atom is -0.381 e. The Labute approximate surface area is 158 Å². The summed E-state index contributed by atoms with van der Waals surface area (Å²) in [5, 5.41) is 6.57. The molecule has 2 N–H and O–H groups in total. The van der Waals surface area contributed by atoms with Crippen molar-refractivity contribution in [2.24, 2.45) is 4.99 Å². The van der Waals surface area contributed by atoms with Gasteiger partial charge in [0.15, 0.2) is 5.96 Å². The van der Waals surface area contributed by atoms with Gasteiger partial charge in [0.05, 0.1) is 6.61 Å². The van der Waals surface area contributed by atoms with Gasteiger partial charge in [0, 0.05) is 25.7 Å². The van der Waals surface area contributed by atoms with Crippen LogP contribution in [0.1, 0.15) is 39.2 Å². The third-order valence-electron chi connectivity index (χ3n) is 3.11. The van der Waals surface area contributed by atoms with Gasteiger partial charge in [-0.1, -0.05) is 30.3 Å². The van der Waals surface area contributed by atoms with Crippen LogP contribution in [0.3, 0.4) is 0 Å². The summed E-state index contributed by atoms with van der Waals surface area (Å²) in [6.45, 7) is 9.66. The highest BCUT2D eigenvalue weighted by molar-refractivity contribution is 14.0. The third-order valence-corrected chi connectivity index (χ3v) is 3.11. The number of nitrogens with zero attached hydrogens (tertiary/aromatic N) is 1. The van der Waals surface area contributed by atoms with Gasteiger partial charge in [-0.2, -0.15) is 0 Å². The Morgan fingerprint density at radius 1 is 1.13 bits per heavy atom. The number of benzene rings is 1. The van der Waals surface area contributed by atoms with Crippen molar-refractivity contribution in [3.63, 3.8) is 0 Å². The highest BCUT2D eigenvalue weighted by Crippen LogP contribution is 2.00. The lowest BCUT2D eigenvalue weighted by molar-refractivity contribution is 0.134. The van der Waals surface area contributed by atoms with Crippen LogP contribution in [-0.4, -0.2) is 38.3 Å². The predicted octanol–water partition coefficient (Wildman–Crippen LogP) is 3.61. The van der Waals surface area contributed by atoms with Crippen LogP contribution >= 0.6 is 24.0 Å². The van der Waals surface area contributed by atoms with E-state index in [4.69, 9.17) is 4.74 Å². The van der Waals surface area contributed by atoms with Gasteiger partial charge < -0.3 is 15.4 Å². The number of guanidine groups is 1. The van der Waals surface area contributed by atoms with Crippen LogP contribution in [0.15, 0.2) is 35.3 Å². The van der Waals surface area contributed by atoms with Gasteiger partial charge in [0.1, 0.15) is 0 Å². The SMILES string of the molecule is CCNC(=NCCCCOCCc1ccccc1)NC(C)C.I. The van der Waals surface area contributed by atoms with Crippen molar-refractivity contribution >= 4 is 29.9 Å². The molecule has 0 spiro atoms. The number of rotatable bonds is 10. The molecule has 23 heavy (non-hydrogen) atoms. The zero-order valence-electron chi connectivity index (χ0n) is 14.7. The second kappa shape index (κ2) is 14.8. The lowest BCUT2D eigenvalue weighted by Crippen LogP contribution is -2.41. The zero-order chi connectivity index (χ0) is 16.0. The van der Waals surface area contributed by atoms with Gasteiger partial charge in [-0.3, -0.25) is 4.99 Å². The maximum Gasteiger partial charge on any atom is 0.191 e. The Morgan fingerprint density at radius 2 is 1.87 bits per heavy atom. The molecule has 5 heteroatoms. The summed E-state index contributed by atoms with van der Waals surface area (Å²) >= 11 is 0. The minimum atomic E-state index is 0. The van der Waals surface area contributed by atoms with Crippen molar-refractivity contribution in [3.8, 4) is 0 Å². The van der Waals surface area contributed by atoms with Crippen molar-refractivity contribution in [3.05, 3.63) is 35.9 Å². The normalized spacial score (nSPS) is 11.2. The molecule has 0 heterocycles. The highest BCUT2D eigenvalue weighted by atomic mass is 127. The first-order chi connectivity index (χ1) is 10.7. The van der Waals surface area contributed by atoms with E-state index in [0.717, 1.165) is 51.5 Å². The summed E-state index contributed by atoms with van der Waals surface area (Å²) in [4.78, 5) is 4.56. The molecule has 0 atom stereocenters. The first-order valence-corrected chi connectivity index (χ1v) is 8.39. The highest BCUT2D eigenvalue weighted by Gasteiger charge is 1.98. The second-order valence-electron chi connectivity index (χ2n) is 5.61. The summed E-state index contributed by atoms with van der Waals surface area (Å²) in [7, 11) is 0. The van der Waals surface area contributed by atoms with E-state index in [1.54, 1.807) is 0 Å². The molecule has 0 fully saturated rings. The monoisotopic (exact) mass is 433 g/mol. The fourth-order valence-corrected chi connectivity index (χ4v) is 2.04. The van der Waals surface area contributed by atoms with E-state index in [9.17, 15) is 0 Å². The van der Waals surface area contributed by atoms with Gasteiger partial charge in [0.2, 0.25) is 0 Å². The standard InChI is InChI=1S/C18H31N3O.HI/c1-4-19-18(21-16(2)3)20-13-8-9-14-22-15-12-17-10-6-5-7-11-17;/h5-7,10-11,16H,4,8-9,12-15H2,1-3H3,(H2,19,20,21);1H. The third kappa shape index (κ3) is 12.3. The van der Waals surface area contributed by atoms with Gasteiger partial charge in [-0.15, -0.1) is 24.0 Å². The topological polar surface area (TPSA) is 45.7 Å². The van der Waals surface area contributed by atoms with Crippen molar-refractivity contribution in [1.29, 1.82) is 0 Å². The van der Waals surface area contributed by atoms with E-state index in [1.807, 2.05) is 6.07 Å². The molecule has 0 aromatic heterocycles. The molecule has 0 aliphatic carbocycles. The van der Waals surface area contributed by atoms with Gasteiger partial charge in [-0.25, -0.2) is 0 Å². The molecule has 0 saturated heterocycles. The second-order valence-corrected chi connectivity index (χ2v) is 5.61. The van der Waals surface area contributed by atoms with E-state index in [-0.39, 0.29) is 24.0 Å². The van der Waals surface area contributed by atoms with Crippen molar-refractivity contribution < 1.29 is 4.74 Å². The molecule has 0 amide bonds. The van der Waals surface area contributed by atoms with Crippen LogP contribution < -0.4 is 10.6 Å². The molecule has 4 nitrogen and oxygen atoms in total. The number of nitrogens with one attached hydrogen (secondary N) is 2. The summed E-state index contributed by atoms with van der Waals surface area (Å²) < 4.78 is 5.68. The zero-order valence-corrected chi connectivity index (χ0v) is 17.0. The first kappa shape index (κ1) is 22.2. The Hall–Kier alpha value is -0.820. The molecule has 1 rings (SSSR count). The van der Waals surface area contributed by atoms with E-state index in [2.05, 4.69) is 60.7 Å². The van der Waals surface area contributed by atoms with E-state index in [0.29, 0.717) is 6.04 Å².